The number of carbonyl (C=O) groups is 1. The maximum atomic E-state index is 12.0. The lowest BCUT2D eigenvalue weighted by Crippen LogP contribution is -2.20. The normalized spacial score (nSPS) is 10.6. The Labute approximate surface area is 143 Å². The van der Waals surface area contributed by atoms with Crippen LogP contribution in [-0.4, -0.2) is 19.6 Å². The van der Waals surface area contributed by atoms with Crippen molar-refractivity contribution in [3.63, 3.8) is 0 Å². The van der Waals surface area contributed by atoms with E-state index in [0.29, 0.717) is 11.5 Å². The summed E-state index contributed by atoms with van der Waals surface area (Å²) in [7, 11) is 1.58. The predicted molar refractivity (Wildman–Crippen MR) is 97.6 cm³/mol. The molecule has 0 bridgehead atoms. The second kappa shape index (κ2) is 8.77. The summed E-state index contributed by atoms with van der Waals surface area (Å²) in [6.45, 7) is 3.97. The molecule has 2 aromatic carbocycles. The Hall–Kier alpha value is -2.75. The summed E-state index contributed by atoms with van der Waals surface area (Å²) >= 11 is 0. The van der Waals surface area contributed by atoms with Gasteiger partial charge in [0.15, 0.2) is 18.1 Å². The van der Waals surface area contributed by atoms with Gasteiger partial charge >= 0.3 is 0 Å². The summed E-state index contributed by atoms with van der Waals surface area (Å²) in [5.41, 5.74) is 3.01. The highest BCUT2D eigenvalue weighted by atomic mass is 16.5. The number of aryl methyl sites for hydroxylation is 1. The second-order valence-corrected chi connectivity index (χ2v) is 5.30. The van der Waals surface area contributed by atoms with Gasteiger partial charge in [0.25, 0.3) is 5.91 Å². The summed E-state index contributed by atoms with van der Waals surface area (Å²) in [6.07, 6.45) is 4.89. The van der Waals surface area contributed by atoms with Gasteiger partial charge < -0.3 is 14.8 Å². The summed E-state index contributed by atoms with van der Waals surface area (Å²) in [5, 5.41) is 2.82. The van der Waals surface area contributed by atoms with Crippen LogP contribution in [0.5, 0.6) is 11.5 Å². The molecule has 126 valence electrons. The zero-order valence-corrected chi connectivity index (χ0v) is 14.3. The number of hydrogen-bond donors (Lipinski definition) is 1. The summed E-state index contributed by atoms with van der Waals surface area (Å²) in [5.74, 6) is 0.937. The topological polar surface area (TPSA) is 47.6 Å². The first-order chi connectivity index (χ1) is 11.7. The first-order valence-corrected chi connectivity index (χ1v) is 7.98. The fourth-order valence-corrected chi connectivity index (χ4v) is 2.26. The standard InChI is InChI=1S/C20H23NO3/c1-4-6-16-9-12-18(19(13-16)23-3)24-14-20(22)21-17-10-7-15(5-2)8-11-17/h4,6-13H,5,14H2,1-3H3,(H,21,22)/b6-4+. The van der Waals surface area contributed by atoms with Crippen LogP contribution in [0.3, 0.4) is 0 Å². The molecule has 0 aromatic heterocycles. The molecule has 0 atom stereocenters. The molecule has 1 amide bonds. The molecule has 24 heavy (non-hydrogen) atoms. The Balaban J connectivity index is 1.95. The molecule has 0 fully saturated rings. The molecule has 0 radical (unpaired) electrons. The Morgan fingerprint density at radius 1 is 1.12 bits per heavy atom. The van der Waals surface area contributed by atoms with Crippen LogP contribution < -0.4 is 14.8 Å². The third-order valence-electron chi connectivity index (χ3n) is 3.55. The molecule has 2 aromatic rings. The minimum absolute atomic E-state index is 0.0746. The zero-order chi connectivity index (χ0) is 17.4. The van der Waals surface area contributed by atoms with Crippen molar-refractivity contribution in [1.29, 1.82) is 0 Å². The fourth-order valence-electron chi connectivity index (χ4n) is 2.26. The lowest BCUT2D eigenvalue weighted by molar-refractivity contribution is -0.118. The van der Waals surface area contributed by atoms with Gasteiger partial charge in [-0.3, -0.25) is 4.79 Å². The van der Waals surface area contributed by atoms with Crippen molar-refractivity contribution in [2.45, 2.75) is 20.3 Å². The minimum Gasteiger partial charge on any atom is -0.493 e. The Morgan fingerprint density at radius 2 is 1.88 bits per heavy atom. The third-order valence-corrected chi connectivity index (χ3v) is 3.55. The monoisotopic (exact) mass is 325 g/mol. The number of amides is 1. The number of methoxy groups -OCH3 is 1. The first-order valence-electron chi connectivity index (χ1n) is 7.98. The molecule has 4 nitrogen and oxygen atoms in total. The van der Waals surface area contributed by atoms with E-state index in [-0.39, 0.29) is 12.5 Å². The largest absolute Gasteiger partial charge is 0.493 e. The lowest BCUT2D eigenvalue weighted by atomic mass is 10.1. The molecular formula is C20H23NO3. The van der Waals surface area contributed by atoms with Crippen molar-refractivity contribution in [3.05, 3.63) is 59.7 Å². The maximum Gasteiger partial charge on any atom is 0.262 e. The first kappa shape index (κ1) is 17.6. The van der Waals surface area contributed by atoms with Crippen molar-refractivity contribution in [1.82, 2.24) is 0 Å². The van der Waals surface area contributed by atoms with Gasteiger partial charge in [-0.2, -0.15) is 0 Å². The van der Waals surface area contributed by atoms with E-state index < -0.39 is 0 Å². The van der Waals surface area contributed by atoms with E-state index >= 15 is 0 Å². The molecule has 0 aliphatic rings. The predicted octanol–water partition coefficient (Wildman–Crippen LogP) is 4.31. The van der Waals surface area contributed by atoms with Crippen molar-refractivity contribution >= 4 is 17.7 Å². The van der Waals surface area contributed by atoms with Gasteiger partial charge in [0.1, 0.15) is 0 Å². The molecule has 0 aliphatic heterocycles. The average Bonchev–Trinajstić information content (AvgIpc) is 2.61. The molecule has 2 rings (SSSR count). The van der Waals surface area contributed by atoms with Gasteiger partial charge in [-0.05, 0) is 48.7 Å². The Morgan fingerprint density at radius 3 is 2.50 bits per heavy atom. The third kappa shape index (κ3) is 4.88. The molecule has 1 N–H and O–H groups in total. The van der Waals surface area contributed by atoms with Crippen molar-refractivity contribution < 1.29 is 14.3 Å². The molecule has 0 saturated carbocycles. The van der Waals surface area contributed by atoms with Crippen LogP contribution in [0, 0.1) is 0 Å². The van der Waals surface area contributed by atoms with Crippen LogP contribution in [0.2, 0.25) is 0 Å². The number of ether oxygens (including phenoxy) is 2. The highest BCUT2D eigenvalue weighted by molar-refractivity contribution is 5.91. The number of rotatable bonds is 7. The second-order valence-electron chi connectivity index (χ2n) is 5.30. The average molecular weight is 325 g/mol. The van der Waals surface area contributed by atoms with Gasteiger partial charge in [0.2, 0.25) is 0 Å². The molecule has 0 unspecified atom stereocenters. The highest BCUT2D eigenvalue weighted by Crippen LogP contribution is 2.28. The lowest BCUT2D eigenvalue weighted by Gasteiger charge is -2.11. The van der Waals surface area contributed by atoms with Crippen LogP contribution in [0.1, 0.15) is 25.0 Å². The number of benzene rings is 2. The van der Waals surface area contributed by atoms with Crippen LogP contribution in [0.4, 0.5) is 5.69 Å². The van der Waals surface area contributed by atoms with Crippen LogP contribution in [0.25, 0.3) is 6.08 Å². The molecule has 0 spiro atoms. The van der Waals surface area contributed by atoms with Crippen LogP contribution in [0.15, 0.2) is 48.5 Å². The molecule has 0 heterocycles. The zero-order valence-electron chi connectivity index (χ0n) is 14.3. The maximum absolute atomic E-state index is 12.0. The van der Waals surface area contributed by atoms with E-state index in [1.54, 1.807) is 13.2 Å². The van der Waals surface area contributed by atoms with Crippen molar-refractivity contribution in [2.75, 3.05) is 19.0 Å². The van der Waals surface area contributed by atoms with Gasteiger partial charge in [-0.25, -0.2) is 0 Å². The number of anilines is 1. The van der Waals surface area contributed by atoms with E-state index in [1.165, 1.54) is 5.56 Å². The Bertz CT molecular complexity index is 705. The van der Waals surface area contributed by atoms with Crippen molar-refractivity contribution in [2.24, 2.45) is 0 Å². The number of nitrogens with one attached hydrogen (secondary N) is 1. The van der Waals surface area contributed by atoms with Gasteiger partial charge in [0, 0.05) is 5.69 Å². The summed E-state index contributed by atoms with van der Waals surface area (Å²) in [4.78, 5) is 12.0. The Kier molecular flexibility index (Phi) is 6.43. The smallest absolute Gasteiger partial charge is 0.262 e. The van der Waals surface area contributed by atoms with E-state index in [4.69, 9.17) is 9.47 Å². The molecule has 4 heteroatoms. The summed E-state index contributed by atoms with van der Waals surface area (Å²) < 4.78 is 10.9. The fraction of sp³-hybridized carbons (Fsp3) is 0.250. The highest BCUT2D eigenvalue weighted by Gasteiger charge is 2.08. The van der Waals surface area contributed by atoms with Gasteiger partial charge in [-0.1, -0.05) is 37.3 Å². The number of carbonyl (C=O) groups excluding carboxylic acids is 1. The van der Waals surface area contributed by atoms with Gasteiger partial charge in [-0.15, -0.1) is 0 Å². The minimum atomic E-state index is -0.209. The molecule has 0 aliphatic carbocycles. The quantitative estimate of drug-likeness (QED) is 0.825. The van der Waals surface area contributed by atoms with Crippen LogP contribution >= 0.6 is 0 Å². The molecule has 0 saturated heterocycles. The van der Waals surface area contributed by atoms with E-state index in [2.05, 4.69) is 12.2 Å². The van der Waals surface area contributed by atoms with E-state index in [9.17, 15) is 4.79 Å². The van der Waals surface area contributed by atoms with Gasteiger partial charge in [0.05, 0.1) is 7.11 Å². The number of allylic oxidation sites excluding steroid dienone is 1. The molecular weight excluding hydrogens is 302 g/mol. The summed E-state index contributed by atoms with van der Waals surface area (Å²) in [6, 6.07) is 13.4. The van der Waals surface area contributed by atoms with Crippen molar-refractivity contribution in [3.8, 4) is 11.5 Å². The SMILES string of the molecule is C/C=C/c1ccc(OCC(=O)Nc2ccc(CC)cc2)c(OC)c1. The van der Waals surface area contributed by atoms with E-state index in [1.807, 2.05) is 55.5 Å². The van der Waals surface area contributed by atoms with Crippen LogP contribution in [-0.2, 0) is 11.2 Å². The van der Waals surface area contributed by atoms with E-state index in [0.717, 1.165) is 17.7 Å². The number of hydrogen-bond acceptors (Lipinski definition) is 3.